The molecular formula is C11H20N4O2. The summed E-state index contributed by atoms with van der Waals surface area (Å²) in [6.45, 7) is 2.32. The van der Waals surface area contributed by atoms with Crippen molar-refractivity contribution in [3.8, 4) is 0 Å². The lowest BCUT2D eigenvalue weighted by molar-refractivity contribution is 0.0158. The van der Waals surface area contributed by atoms with Crippen LogP contribution < -0.4 is 10.6 Å². The number of rotatable bonds is 4. The van der Waals surface area contributed by atoms with Gasteiger partial charge in [0.05, 0.1) is 25.0 Å². The van der Waals surface area contributed by atoms with Crippen molar-refractivity contribution in [1.82, 2.24) is 9.78 Å². The number of piperidine rings is 1. The Morgan fingerprint density at radius 3 is 2.76 bits per heavy atom. The highest BCUT2D eigenvalue weighted by Crippen LogP contribution is 2.24. The quantitative estimate of drug-likeness (QED) is 0.773. The molecule has 0 amide bonds. The van der Waals surface area contributed by atoms with Gasteiger partial charge in [-0.05, 0) is 12.8 Å². The zero-order valence-electron chi connectivity index (χ0n) is 10.2. The van der Waals surface area contributed by atoms with E-state index in [1.54, 1.807) is 4.68 Å². The lowest BCUT2D eigenvalue weighted by atomic mass is 10.1. The minimum Gasteiger partial charge on any atom is -0.394 e. The van der Waals surface area contributed by atoms with Crippen LogP contribution in [0.1, 0.15) is 12.8 Å². The van der Waals surface area contributed by atoms with Crippen LogP contribution >= 0.6 is 0 Å². The summed E-state index contributed by atoms with van der Waals surface area (Å²) in [6.07, 6.45) is 3.98. The van der Waals surface area contributed by atoms with E-state index in [-0.39, 0.29) is 12.7 Å². The number of nitrogens with zero attached hydrogens (tertiary/aromatic N) is 3. The predicted octanol–water partition coefficient (Wildman–Crippen LogP) is -0.0200. The van der Waals surface area contributed by atoms with E-state index in [9.17, 15) is 0 Å². The molecule has 1 aromatic heterocycles. The molecule has 1 aromatic rings. The Labute approximate surface area is 101 Å². The molecule has 1 saturated heterocycles. The number of hydrogen-bond donors (Lipinski definition) is 2. The maximum absolute atomic E-state index is 8.70. The predicted molar refractivity (Wildman–Crippen MR) is 65.9 cm³/mol. The first-order chi connectivity index (χ1) is 8.20. The third-order valence-electron chi connectivity index (χ3n) is 3.02. The van der Waals surface area contributed by atoms with E-state index in [1.165, 1.54) is 0 Å². The van der Waals surface area contributed by atoms with E-state index in [1.807, 2.05) is 13.2 Å². The second kappa shape index (κ2) is 5.37. The molecule has 0 radical (unpaired) electrons. The van der Waals surface area contributed by atoms with Crippen molar-refractivity contribution < 1.29 is 9.84 Å². The Kier molecular flexibility index (Phi) is 3.86. The average molecular weight is 240 g/mol. The smallest absolute Gasteiger partial charge is 0.173 e. The summed E-state index contributed by atoms with van der Waals surface area (Å²) in [5.41, 5.74) is 6.62. The number of nitrogens with two attached hydrogens (primary N) is 1. The normalized spacial score (nSPS) is 17.6. The standard InChI is InChI=1S/C11H20N4O2/c1-14-8-10(12)11(13-14)15-4-2-9(3-5-15)17-7-6-16/h8-9,16H,2-7,12H2,1H3. The van der Waals surface area contributed by atoms with E-state index in [2.05, 4.69) is 10.00 Å². The fraction of sp³-hybridized carbons (Fsp3) is 0.727. The molecule has 0 spiro atoms. The number of hydrogen-bond acceptors (Lipinski definition) is 5. The van der Waals surface area contributed by atoms with Crippen LogP contribution in [0.3, 0.4) is 0 Å². The fourth-order valence-corrected chi connectivity index (χ4v) is 2.19. The summed E-state index contributed by atoms with van der Waals surface area (Å²) >= 11 is 0. The van der Waals surface area contributed by atoms with E-state index in [4.69, 9.17) is 15.6 Å². The Morgan fingerprint density at radius 1 is 1.53 bits per heavy atom. The van der Waals surface area contributed by atoms with Gasteiger partial charge in [0.2, 0.25) is 0 Å². The van der Waals surface area contributed by atoms with Crippen molar-refractivity contribution >= 4 is 11.5 Å². The molecule has 0 saturated carbocycles. The number of aromatic nitrogens is 2. The van der Waals surface area contributed by atoms with Crippen molar-refractivity contribution in [2.24, 2.45) is 7.05 Å². The third-order valence-corrected chi connectivity index (χ3v) is 3.02. The summed E-state index contributed by atoms with van der Waals surface area (Å²) in [4.78, 5) is 2.19. The van der Waals surface area contributed by atoms with Gasteiger partial charge in [-0.2, -0.15) is 5.10 Å². The van der Waals surface area contributed by atoms with Crippen molar-refractivity contribution in [2.75, 3.05) is 36.9 Å². The number of anilines is 2. The molecule has 0 bridgehead atoms. The average Bonchev–Trinajstić information content (AvgIpc) is 2.66. The van der Waals surface area contributed by atoms with Crippen molar-refractivity contribution in [1.29, 1.82) is 0 Å². The van der Waals surface area contributed by atoms with Crippen LogP contribution in [0.4, 0.5) is 11.5 Å². The van der Waals surface area contributed by atoms with Crippen LogP contribution in [-0.2, 0) is 11.8 Å². The zero-order valence-corrected chi connectivity index (χ0v) is 10.2. The molecule has 1 fully saturated rings. The van der Waals surface area contributed by atoms with Crippen molar-refractivity contribution in [2.45, 2.75) is 18.9 Å². The van der Waals surface area contributed by atoms with Crippen molar-refractivity contribution in [3.63, 3.8) is 0 Å². The summed E-state index contributed by atoms with van der Waals surface area (Å²) in [5.74, 6) is 0.869. The first-order valence-electron chi connectivity index (χ1n) is 5.97. The maximum atomic E-state index is 8.70. The van der Waals surface area contributed by atoms with Gasteiger partial charge in [-0.3, -0.25) is 4.68 Å². The third kappa shape index (κ3) is 2.89. The summed E-state index contributed by atoms with van der Waals surface area (Å²) in [5, 5.41) is 13.1. The van der Waals surface area contributed by atoms with E-state index in [0.717, 1.165) is 37.4 Å². The Balaban J connectivity index is 1.88. The zero-order chi connectivity index (χ0) is 12.3. The second-order valence-corrected chi connectivity index (χ2v) is 4.36. The van der Waals surface area contributed by atoms with Gasteiger partial charge >= 0.3 is 0 Å². The molecule has 6 heteroatoms. The molecule has 2 heterocycles. The minimum absolute atomic E-state index is 0.0907. The highest BCUT2D eigenvalue weighted by molar-refractivity contribution is 5.61. The van der Waals surface area contributed by atoms with Gasteiger partial charge in [0.15, 0.2) is 5.82 Å². The minimum atomic E-state index is 0.0907. The van der Waals surface area contributed by atoms with Crippen LogP contribution in [0.2, 0.25) is 0 Å². The SMILES string of the molecule is Cn1cc(N)c(N2CCC(OCCO)CC2)n1. The first kappa shape index (κ1) is 12.2. The maximum Gasteiger partial charge on any atom is 0.173 e. The number of aryl methyl sites for hydroxylation is 1. The highest BCUT2D eigenvalue weighted by Gasteiger charge is 2.22. The lowest BCUT2D eigenvalue weighted by Gasteiger charge is -2.32. The number of aliphatic hydroxyl groups is 1. The monoisotopic (exact) mass is 240 g/mol. The fourth-order valence-electron chi connectivity index (χ4n) is 2.19. The molecule has 6 nitrogen and oxygen atoms in total. The summed E-state index contributed by atoms with van der Waals surface area (Å²) in [6, 6.07) is 0. The molecule has 0 aliphatic carbocycles. The lowest BCUT2D eigenvalue weighted by Crippen LogP contribution is -2.38. The van der Waals surface area contributed by atoms with Gasteiger partial charge in [-0.25, -0.2) is 0 Å². The number of aliphatic hydroxyl groups excluding tert-OH is 1. The van der Waals surface area contributed by atoms with E-state index >= 15 is 0 Å². The molecule has 1 aliphatic rings. The Morgan fingerprint density at radius 2 is 2.24 bits per heavy atom. The molecule has 17 heavy (non-hydrogen) atoms. The van der Waals surface area contributed by atoms with Gasteiger partial charge in [0, 0.05) is 26.3 Å². The van der Waals surface area contributed by atoms with Crippen molar-refractivity contribution in [3.05, 3.63) is 6.20 Å². The van der Waals surface area contributed by atoms with Crippen LogP contribution in [0, 0.1) is 0 Å². The molecule has 3 N–H and O–H groups in total. The first-order valence-corrected chi connectivity index (χ1v) is 5.97. The number of nitrogen functional groups attached to an aromatic ring is 1. The van der Waals surface area contributed by atoms with Crippen LogP contribution in [0.15, 0.2) is 6.20 Å². The van der Waals surface area contributed by atoms with Crippen LogP contribution in [-0.4, -0.2) is 47.3 Å². The van der Waals surface area contributed by atoms with Gasteiger partial charge in [-0.1, -0.05) is 0 Å². The Hall–Kier alpha value is -1.27. The highest BCUT2D eigenvalue weighted by atomic mass is 16.5. The summed E-state index contributed by atoms with van der Waals surface area (Å²) < 4.78 is 7.25. The van der Waals surface area contributed by atoms with Gasteiger partial charge in [0.1, 0.15) is 0 Å². The summed E-state index contributed by atoms with van der Waals surface area (Å²) in [7, 11) is 1.87. The molecule has 0 atom stereocenters. The Bertz CT molecular complexity index is 358. The molecule has 0 aromatic carbocycles. The van der Waals surface area contributed by atoms with Gasteiger partial charge < -0.3 is 20.5 Å². The molecule has 1 aliphatic heterocycles. The number of ether oxygens (including phenoxy) is 1. The second-order valence-electron chi connectivity index (χ2n) is 4.36. The van der Waals surface area contributed by atoms with Gasteiger partial charge in [-0.15, -0.1) is 0 Å². The molecule has 0 unspecified atom stereocenters. The van der Waals surface area contributed by atoms with Crippen LogP contribution in [0.25, 0.3) is 0 Å². The van der Waals surface area contributed by atoms with E-state index in [0.29, 0.717) is 6.61 Å². The largest absolute Gasteiger partial charge is 0.394 e. The molecule has 96 valence electrons. The van der Waals surface area contributed by atoms with Crippen LogP contribution in [0.5, 0.6) is 0 Å². The molecular weight excluding hydrogens is 220 g/mol. The molecule has 2 rings (SSSR count). The topological polar surface area (TPSA) is 76.5 Å². The van der Waals surface area contributed by atoms with E-state index < -0.39 is 0 Å². The van der Waals surface area contributed by atoms with Gasteiger partial charge in [0.25, 0.3) is 0 Å².